The first kappa shape index (κ1) is 13.7. The predicted octanol–water partition coefficient (Wildman–Crippen LogP) is 4.82. The summed E-state index contributed by atoms with van der Waals surface area (Å²) < 4.78 is 0. The molecule has 0 aliphatic carbocycles. The summed E-state index contributed by atoms with van der Waals surface area (Å²) in [5.74, 6) is 0. The van der Waals surface area contributed by atoms with Gasteiger partial charge in [-0.3, -0.25) is 0 Å². The number of benzene rings is 2. The van der Waals surface area contributed by atoms with Crippen molar-refractivity contribution in [3.8, 4) is 6.07 Å². The molecule has 0 saturated heterocycles. The SMILES string of the molecule is CC(Cc1ccsc1)Nc1ccc(C#N)c2ccccc12. The van der Waals surface area contributed by atoms with Crippen LogP contribution in [0.3, 0.4) is 0 Å². The van der Waals surface area contributed by atoms with Crippen molar-refractivity contribution in [3.05, 3.63) is 64.4 Å². The molecule has 0 aliphatic heterocycles. The Morgan fingerprint density at radius 3 is 2.67 bits per heavy atom. The average Bonchev–Trinajstić information content (AvgIpc) is 3.00. The molecule has 0 fully saturated rings. The molecule has 0 saturated carbocycles. The van der Waals surface area contributed by atoms with Gasteiger partial charge in [0.1, 0.15) is 0 Å². The summed E-state index contributed by atoms with van der Waals surface area (Å²) >= 11 is 1.73. The van der Waals surface area contributed by atoms with E-state index in [1.54, 1.807) is 11.3 Å². The number of anilines is 1. The Balaban J connectivity index is 1.89. The van der Waals surface area contributed by atoms with Crippen LogP contribution in [0.1, 0.15) is 18.1 Å². The van der Waals surface area contributed by atoms with Crippen LogP contribution in [0.5, 0.6) is 0 Å². The third kappa shape index (κ3) is 2.91. The zero-order valence-electron chi connectivity index (χ0n) is 11.8. The lowest BCUT2D eigenvalue weighted by atomic mass is 10.0. The molecule has 1 aromatic heterocycles. The Kier molecular flexibility index (Phi) is 3.89. The average molecular weight is 292 g/mol. The molecule has 0 amide bonds. The standard InChI is InChI=1S/C18H16N2S/c1-13(10-14-8-9-21-12-14)20-18-7-6-15(11-19)16-4-2-3-5-17(16)18/h2-9,12-13,20H,10H2,1H3. The number of hydrogen-bond acceptors (Lipinski definition) is 3. The second-order valence-corrected chi connectivity index (χ2v) is 5.98. The molecule has 3 rings (SSSR count). The van der Waals surface area contributed by atoms with Crippen LogP contribution >= 0.6 is 11.3 Å². The lowest BCUT2D eigenvalue weighted by Gasteiger charge is -2.17. The highest BCUT2D eigenvalue weighted by Gasteiger charge is 2.09. The van der Waals surface area contributed by atoms with Gasteiger partial charge in [-0.2, -0.15) is 16.6 Å². The fraction of sp³-hybridized carbons (Fsp3) is 0.167. The van der Waals surface area contributed by atoms with Gasteiger partial charge in [0.05, 0.1) is 11.6 Å². The smallest absolute Gasteiger partial charge is 0.0998 e. The van der Waals surface area contributed by atoms with Gasteiger partial charge in [-0.15, -0.1) is 0 Å². The molecule has 21 heavy (non-hydrogen) atoms. The van der Waals surface area contributed by atoms with E-state index in [1.807, 2.05) is 30.3 Å². The third-order valence-electron chi connectivity index (χ3n) is 3.57. The predicted molar refractivity (Wildman–Crippen MR) is 89.8 cm³/mol. The Labute approximate surface area is 128 Å². The van der Waals surface area contributed by atoms with E-state index in [-0.39, 0.29) is 0 Å². The molecule has 0 bridgehead atoms. The first-order chi connectivity index (χ1) is 10.3. The Morgan fingerprint density at radius 2 is 1.95 bits per heavy atom. The molecule has 0 radical (unpaired) electrons. The van der Waals surface area contributed by atoms with Gasteiger partial charge in [-0.1, -0.05) is 24.3 Å². The lowest BCUT2D eigenvalue weighted by molar-refractivity contribution is 0.794. The Bertz CT molecular complexity index is 785. The molecule has 1 unspecified atom stereocenters. The number of rotatable bonds is 4. The first-order valence-electron chi connectivity index (χ1n) is 6.97. The Hall–Kier alpha value is -2.31. The topological polar surface area (TPSA) is 35.8 Å². The van der Waals surface area contributed by atoms with Crippen molar-refractivity contribution in [2.24, 2.45) is 0 Å². The maximum Gasteiger partial charge on any atom is 0.0998 e. The minimum absolute atomic E-state index is 0.343. The van der Waals surface area contributed by atoms with Crippen LogP contribution in [0.2, 0.25) is 0 Å². The minimum Gasteiger partial charge on any atom is -0.382 e. The maximum atomic E-state index is 9.21. The van der Waals surface area contributed by atoms with Crippen LogP contribution in [0, 0.1) is 11.3 Å². The van der Waals surface area contributed by atoms with Crippen molar-refractivity contribution in [1.29, 1.82) is 5.26 Å². The number of thiophene rings is 1. The molecule has 1 N–H and O–H groups in total. The molecule has 0 aliphatic rings. The molecule has 3 heteroatoms. The van der Waals surface area contributed by atoms with Gasteiger partial charge in [0, 0.05) is 22.5 Å². The normalized spacial score (nSPS) is 12.0. The maximum absolute atomic E-state index is 9.21. The summed E-state index contributed by atoms with van der Waals surface area (Å²) in [5.41, 5.74) is 3.17. The molecule has 1 atom stereocenters. The van der Waals surface area contributed by atoms with Crippen LogP contribution in [0.25, 0.3) is 10.8 Å². The summed E-state index contributed by atoms with van der Waals surface area (Å²) in [6.07, 6.45) is 0.998. The van der Waals surface area contributed by atoms with Crippen LogP contribution in [0.4, 0.5) is 5.69 Å². The number of nitrogens with zero attached hydrogens (tertiary/aromatic N) is 1. The molecule has 2 nitrogen and oxygen atoms in total. The highest BCUT2D eigenvalue weighted by Crippen LogP contribution is 2.27. The number of nitrogens with one attached hydrogen (secondary N) is 1. The van der Waals surface area contributed by atoms with Crippen molar-refractivity contribution >= 4 is 27.8 Å². The van der Waals surface area contributed by atoms with Gasteiger partial charge in [-0.05, 0) is 47.9 Å². The second kappa shape index (κ2) is 5.99. The van der Waals surface area contributed by atoms with Gasteiger partial charge in [0.2, 0.25) is 0 Å². The summed E-state index contributed by atoms with van der Waals surface area (Å²) in [6.45, 7) is 2.19. The van der Waals surface area contributed by atoms with E-state index < -0.39 is 0 Å². The quantitative estimate of drug-likeness (QED) is 0.748. The van der Waals surface area contributed by atoms with E-state index in [0.717, 1.165) is 28.4 Å². The summed E-state index contributed by atoms with van der Waals surface area (Å²) in [5, 5.41) is 19.2. The second-order valence-electron chi connectivity index (χ2n) is 5.20. The molecule has 104 valence electrons. The van der Waals surface area contributed by atoms with E-state index in [0.29, 0.717) is 6.04 Å². The van der Waals surface area contributed by atoms with E-state index in [1.165, 1.54) is 5.56 Å². The van der Waals surface area contributed by atoms with Crippen molar-refractivity contribution < 1.29 is 0 Å². The third-order valence-corrected chi connectivity index (χ3v) is 4.30. The first-order valence-corrected chi connectivity index (χ1v) is 7.91. The molecular weight excluding hydrogens is 276 g/mol. The summed E-state index contributed by atoms with van der Waals surface area (Å²) in [7, 11) is 0. The number of nitriles is 1. The summed E-state index contributed by atoms with van der Waals surface area (Å²) in [6, 6.07) is 16.7. The molecule has 3 aromatic rings. The van der Waals surface area contributed by atoms with E-state index in [9.17, 15) is 5.26 Å². The van der Waals surface area contributed by atoms with Crippen molar-refractivity contribution in [2.75, 3.05) is 5.32 Å². The zero-order valence-corrected chi connectivity index (χ0v) is 12.7. The van der Waals surface area contributed by atoms with Gasteiger partial charge >= 0.3 is 0 Å². The fourth-order valence-corrected chi connectivity index (χ4v) is 3.28. The lowest BCUT2D eigenvalue weighted by Crippen LogP contribution is -2.17. The zero-order chi connectivity index (χ0) is 14.7. The van der Waals surface area contributed by atoms with E-state index in [4.69, 9.17) is 0 Å². The largest absolute Gasteiger partial charge is 0.382 e. The van der Waals surface area contributed by atoms with Gasteiger partial charge < -0.3 is 5.32 Å². The molecule has 0 spiro atoms. The molecule has 2 aromatic carbocycles. The number of hydrogen-bond donors (Lipinski definition) is 1. The number of fused-ring (bicyclic) bond motifs is 1. The van der Waals surface area contributed by atoms with Crippen LogP contribution < -0.4 is 5.32 Å². The molecular formula is C18H16N2S. The monoisotopic (exact) mass is 292 g/mol. The highest BCUT2D eigenvalue weighted by atomic mass is 32.1. The fourth-order valence-electron chi connectivity index (χ4n) is 2.60. The van der Waals surface area contributed by atoms with Gasteiger partial charge in [0.15, 0.2) is 0 Å². The highest BCUT2D eigenvalue weighted by molar-refractivity contribution is 7.07. The van der Waals surface area contributed by atoms with E-state index in [2.05, 4.69) is 41.2 Å². The van der Waals surface area contributed by atoms with Gasteiger partial charge in [0.25, 0.3) is 0 Å². The van der Waals surface area contributed by atoms with Crippen molar-refractivity contribution in [3.63, 3.8) is 0 Å². The van der Waals surface area contributed by atoms with Crippen molar-refractivity contribution in [1.82, 2.24) is 0 Å². The van der Waals surface area contributed by atoms with Gasteiger partial charge in [-0.25, -0.2) is 0 Å². The van der Waals surface area contributed by atoms with Crippen LogP contribution in [-0.2, 0) is 6.42 Å². The van der Waals surface area contributed by atoms with Crippen molar-refractivity contribution in [2.45, 2.75) is 19.4 Å². The van der Waals surface area contributed by atoms with Crippen LogP contribution in [-0.4, -0.2) is 6.04 Å². The molecule has 1 heterocycles. The summed E-state index contributed by atoms with van der Waals surface area (Å²) in [4.78, 5) is 0. The Morgan fingerprint density at radius 1 is 1.14 bits per heavy atom. The minimum atomic E-state index is 0.343. The van der Waals surface area contributed by atoms with Crippen LogP contribution in [0.15, 0.2) is 53.2 Å². The van der Waals surface area contributed by atoms with E-state index >= 15 is 0 Å².